The summed E-state index contributed by atoms with van der Waals surface area (Å²) >= 11 is 0. The predicted octanol–water partition coefficient (Wildman–Crippen LogP) is 10.2. The summed E-state index contributed by atoms with van der Waals surface area (Å²) in [4.78, 5) is 15.6. The first kappa shape index (κ1) is 29.2. The van der Waals surface area contributed by atoms with Gasteiger partial charge in [0.2, 0.25) is 0 Å². The molecule has 0 amide bonds. The number of hydrogen-bond donors (Lipinski definition) is 0. The highest BCUT2D eigenvalue weighted by molar-refractivity contribution is 7.03. The second-order valence-corrected chi connectivity index (χ2v) is 17.6. The lowest BCUT2D eigenvalue weighted by Gasteiger charge is -2.19. The molecule has 49 heavy (non-hydrogen) atoms. The number of benzene rings is 7. The molecule has 0 unspecified atom stereocenters. The fourth-order valence-electron chi connectivity index (χ4n) is 7.43. The summed E-state index contributed by atoms with van der Waals surface area (Å²) in [6.45, 7) is 4.89. The molecule has 2 heterocycles. The van der Waals surface area contributed by atoms with Gasteiger partial charge in [-0.1, -0.05) is 165 Å². The molecule has 232 valence electrons. The Morgan fingerprint density at radius 2 is 0.837 bits per heavy atom. The highest BCUT2D eigenvalue weighted by Gasteiger charge is 2.37. The third-order valence-corrected chi connectivity index (χ3v) is 13.5. The predicted molar refractivity (Wildman–Crippen MR) is 207 cm³/mol. The van der Waals surface area contributed by atoms with Crippen molar-refractivity contribution in [2.75, 3.05) is 0 Å². The number of fused-ring (bicyclic) bond motifs is 4. The van der Waals surface area contributed by atoms with E-state index in [9.17, 15) is 0 Å². The maximum atomic E-state index is 5.25. The van der Waals surface area contributed by atoms with Gasteiger partial charge in [0.05, 0.1) is 0 Å². The largest absolute Gasteiger partial charge is 0.208 e. The van der Waals surface area contributed by atoms with Gasteiger partial charge in [-0.3, -0.25) is 0 Å². The van der Waals surface area contributed by atoms with Gasteiger partial charge < -0.3 is 0 Å². The lowest BCUT2D eigenvalue weighted by atomic mass is 9.94. The third-order valence-electron chi connectivity index (χ3n) is 9.95. The Hall–Kier alpha value is -5.97. The first-order valence-electron chi connectivity index (χ1n) is 16.8. The van der Waals surface area contributed by atoms with Gasteiger partial charge >= 0.3 is 0 Å². The van der Waals surface area contributed by atoms with Gasteiger partial charge in [0.15, 0.2) is 17.5 Å². The molecule has 9 rings (SSSR count). The second-order valence-electron chi connectivity index (χ2n) is 13.3. The molecule has 3 nitrogen and oxygen atoms in total. The molecule has 0 saturated heterocycles. The maximum Gasteiger partial charge on any atom is 0.164 e. The van der Waals surface area contributed by atoms with Crippen molar-refractivity contribution in [3.05, 3.63) is 164 Å². The quantitative estimate of drug-likeness (QED) is 0.175. The van der Waals surface area contributed by atoms with Gasteiger partial charge in [-0.25, -0.2) is 15.0 Å². The summed E-state index contributed by atoms with van der Waals surface area (Å²) in [5.41, 5.74) is 10.3. The van der Waals surface area contributed by atoms with Gasteiger partial charge in [-0.05, 0) is 66.7 Å². The molecule has 0 spiro atoms. The normalized spacial score (nSPS) is 12.9. The van der Waals surface area contributed by atoms with Crippen LogP contribution in [0.3, 0.4) is 0 Å². The van der Waals surface area contributed by atoms with Crippen molar-refractivity contribution in [1.29, 1.82) is 0 Å². The Balaban J connectivity index is 1.25. The van der Waals surface area contributed by atoms with E-state index in [2.05, 4.69) is 171 Å². The van der Waals surface area contributed by atoms with E-state index in [-0.39, 0.29) is 0 Å². The van der Waals surface area contributed by atoms with Crippen molar-refractivity contribution >= 4 is 29.2 Å². The van der Waals surface area contributed by atoms with E-state index < -0.39 is 8.07 Å². The van der Waals surface area contributed by atoms with Crippen molar-refractivity contribution in [2.45, 2.75) is 13.1 Å². The fourth-order valence-corrected chi connectivity index (χ4v) is 10.5. The molecule has 0 saturated carbocycles. The van der Waals surface area contributed by atoms with E-state index in [1.165, 1.54) is 38.0 Å². The minimum absolute atomic E-state index is 0.661. The molecule has 1 aliphatic heterocycles. The van der Waals surface area contributed by atoms with E-state index in [0.29, 0.717) is 17.5 Å². The molecule has 0 atom stereocenters. The number of nitrogens with zero attached hydrogens (tertiary/aromatic N) is 3. The van der Waals surface area contributed by atoms with Crippen molar-refractivity contribution in [1.82, 2.24) is 15.0 Å². The molecule has 7 aromatic carbocycles. The van der Waals surface area contributed by atoms with E-state index in [1.54, 1.807) is 0 Å². The lowest BCUT2D eigenvalue weighted by Crippen LogP contribution is -2.49. The Labute approximate surface area is 287 Å². The number of hydrogen-bond acceptors (Lipinski definition) is 3. The second kappa shape index (κ2) is 11.6. The highest BCUT2D eigenvalue weighted by Crippen LogP contribution is 2.37. The van der Waals surface area contributed by atoms with Crippen LogP contribution in [0, 0.1) is 0 Å². The van der Waals surface area contributed by atoms with Gasteiger partial charge in [-0.2, -0.15) is 0 Å². The molecule has 4 heteroatoms. The van der Waals surface area contributed by atoms with Crippen LogP contribution in [0.4, 0.5) is 0 Å². The summed E-state index contributed by atoms with van der Waals surface area (Å²) in [5, 5.41) is 5.20. The van der Waals surface area contributed by atoms with Crippen LogP contribution in [0.5, 0.6) is 0 Å². The van der Waals surface area contributed by atoms with Crippen LogP contribution in [-0.4, -0.2) is 23.0 Å². The van der Waals surface area contributed by atoms with Gasteiger partial charge in [0, 0.05) is 16.7 Å². The van der Waals surface area contributed by atoms with Crippen molar-refractivity contribution in [3.8, 4) is 67.5 Å². The van der Waals surface area contributed by atoms with Crippen LogP contribution in [-0.2, 0) is 0 Å². The van der Waals surface area contributed by atoms with Crippen LogP contribution in [0.1, 0.15) is 0 Å². The minimum atomic E-state index is -1.89. The average molecular weight is 644 g/mol. The van der Waals surface area contributed by atoms with Crippen LogP contribution in [0.25, 0.3) is 78.3 Å². The first-order valence-corrected chi connectivity index (χ1v) is 19.8. The lowest BCUT2D eigenvalue weighted by molar-refractivity contribution is 1.08. The smallest absolute Gasteiger partial charge is 0.164 e. The Kier molecular flexibility index (Phi) is 6.92. The van der Waals surface area contributed by atoms with Crippen LogP contribution < -0.4 is 10.4 Å². The zero-order valence-corrected chi connectivity index (χ0v) is 28.4. The molecular formula is C45H33N3Si. The van der Waals surface area contributed by atoms with Crippen molar-refractivity contribution < 1.29 is 0 Å². The molecule has 0 aliphatic carbocycles. The molecule has 0 radical (unpaired) electrons. The number of aromatic nitrogens is 3. The van der Waals surface area contributed by atoms with Crippen molar-refractivity contribution in [2.24, 2.45) is 0 Å². The van der Waals surface area contributed by atoms with E-state index >= 15 is 0 Å². The summed E-state index contributed by atoms with van der Waals surface area (Å²) in [6, 6.07) is 58.2. The van der Waals surface area contributed by atoms with Crippen LogP contribution in [0.2, 0.25) is 13.1 Å². The van der Waals surface area contributed by atoms with Crippen LogP contribution >= 0.6 is 0 Å². The summed E-state index contributed by atoms with van der Waals surface area (Å²) in [7, 11) is -1.89. The highest BCUT2D eigenvalue weighted by atomic mass is 28.3. The Bertz CT molecular complexity index is 2520. The summed E-state index contributed by atoms with van der Waals surface area (Å²) in [5.74, 6) is 2.01. The first-order chi connectivity index (χ1) is 24.0. The average Bonchev–Trinajstić information content (AvgIpc) is 3.40. The molecule has 0 fully saturated rings. The molecular weight excluding hydrogens is 611 g/mol. The van der Waals surface area contributed by atoms with Gasteiger partial charge in [0.1, 0.15) is 8.07 Å². The molecule has 1 aliphatic rings. The zero-order chi connectivity index (χ0) is 33.0. The molecule has 0 bridgehead atoms. The van der Waals surface area contributed by atoms with E-state index in [4.69, 9.17) is 15.0 Å². The summed E-state index contributed by atoms with van der Waals surface area (Å²) < 4.78 is 0. The van der Waals surface area contributed by atoms with Crippen LogP contribution in [0.15, 0.2) is 164 Å². The van der Waals surface area contributed by atoms with E-state index in [0.717, 1.165) is 33.2 Å². The number of rotatable bonds is 5. The van der Waals surface area contributed by atoms with Gasteiger partial charge in [0.25, 0.3) is 0 Å². The standard InChI is InChI=1S/C45H33N3Si/c1-49(2)41-23-12-11-22-38(41)39-25-24-34(29-42(39)49)44-46-43(33-19-13-18-32(28-33)30-14-5-3-6-15-30)47-45(48-44)40-27-26-35(31-16-7-4-8-17-31)36-20-9-10-21-37(36)40/h3-29H,1-2H3. The minimum Gasteiger partial charge on any atom is -0.208 e. The summed E-state index contributed by atoms with van der Waals surface area (Å²) in [6.07, 6.45) is 0. The van der Waals surface area contributed by atoms with E-state index in [1.807, 2.05) is 6.07 Å². The topological polar surface area (TPSA) is 38.7 Å². The Morgan fingerprint density at radius 1 is 0.327 bits per heavy atom. The van der Waals surface area contributed by atoms with Crippen molar-refractivity contribution in [3.63, 3.8) is 0 Å². The molecule has 1 aromatic heterocycles. The molecule has 8 aromatic rings. The fraction of sp³-hybridized carbons (Fsp3) is 0.0444. The molecule has 0 N–H and O–H groups in total. The zero-order valence-electron chi connectivity index (χ0n) is 27.4. The monoisotopic (exact) mass is 643 g/mol. The Morgan fingerprint density at radius 3 is 1.59 bits per heavy atom. The SMILES string of the molecule is C[Si]1(C)c2ccccc2-c2ccc(-c3nc(-c4cccc(-c5ccccc5)c4)nc(-c4ccc(-c5ccccc5)c5ccccc45)n3)cc21. The van der Waals surface area contributed by atoms with Gasteiger partial charge in [-0.15, -0.1) is 0 Å². The maximum absolute atomic E-state index is 5.25. The third kappa shape index (κ3) is 5.00.